The molecule has 3 aliphatic carbocycles. The highest BCUT2D eigenvalue weighted by atomic mass is 16.5. The zero-order valence-electron chi connectivity index (χ0n) is 20.3. The molecule has 1 aliphatic heterocycles. The second-order valence-electron chi connectivity index (χ2n) is 11.0. The van der Waals surface area contributed by atoms with Crippen molar-refractivity contribution in [1.29, 1.82) is 0 Å². The predicted molar refractivity (Wildman–Crippen MR) is 121 cm³/mol. The number of aliphatic hydroxyl groups excluding tert-OH is 1. The maximum absolute atomic E-state index is 13.6. The van der Waals surface area contributed by atoms with Crippen molar-refractivity contribution in [2.75, 3.05) is 7.11 Å². The number of methoxy groups -OCH3 is 1. The molecule has 0 bridgehead atoms. The number of carbonyl (C=O) groups excluding carboxylic acids is 2. The van der Waals surface area contributed by atoms with Crippen LogP contribution >= 0.6 is 0 Å². The van der Waals surface area contributed by atoms with Crippen molar-refractivity contribution >= 4 is 11.8 Å². The van der Waals surface area contributed by atoms with E-state index in [1.54, 1.807) is 25.5 Å². The van der Waals surface area contributed by atoms with Crippen LogP contribution < -0.4 is 0 Å². The Balaban J connectivity index is 1.69. The number of rotatable bonds is 3. The van der Waals surface area contributed by atoms with Crippen LogP contribution in [0, 0.1) is 28.1 Å². The first-order valence-corrected chi connectivity index (χ1v) is 12.0. The molecule has 2 heterocycles. The van der Waals surface area contributed by atoms with Crippen LogP contribution in [0.3, 0.4) is 0 Å². The lowest BCUT2D eigenvalue weighted by molar-refractivity contribution is -0.214. The molecule has 1 aromatic heterocycles. The number of ether oxygens (including phenoxy) is 2. The highest BCUT2D eigenvalue weighted by molar-refractivity contribution is 5.99. The van der Waals surface area contributed by atoms with Gasteiger partial charge in [0.15, 0.2) is 5.78 Å². The Morgan fingerprint density at radius 3 is 2.61 bits per heavy atom. The third-order valence-electron chi connectivity index (χ3n) is 9.68. The fourth-order valence-electron chi connectivity index (χ4n) is 8.46. The van der Waals surface area contributed by atoms with E-state index in [0.717, 1.165) is 18.4 Å². The van der Waals surface area contributed by atoms with Crippen molar-refractivity contribution in [3.05, 3.63) is 47.5 Å². The van der Waals surface area contributed by atoms with Crippen LogP contribution in [-0.2, 0) is 19.1 Å². The van der Waals surface area contributed by atoms with Gasteiger partial charge in [0.2, 0.25) is 0 Å². The number of allylic oxidation sites excluding steroid dienone is 2. The summed E-state index contributed by atoms with van der Waals surface area (Å²) in [6.45, 7) is 10.1. The monoisotopic (exact) mass is 454 g/mol. The Kier molecular flexibility index (Phi) is 4.90. The predicted octanol–water partition coefficient (Wildman–Crippen LogP) is 4.20. The van der Waals surface area contributed by atoms with E-state index in [9.17, 15) is 14.7 Å². The van der Waals surface area contributed by atoms with Crippen LogP contribution in [0.15, 0.2) is 46.3 Å². The SMILES string of the molecule is CCC1C2(C)C3=C(C)C(c4ccoc4)CC3OC2C(O)C2C(C)(C(=O)OC)C=CC(=O)C21C. The van der Waals surface area contributed by atoms with Crippen molar-refractivity contribution in [2.24, 2.45) is 28.1 Å². The van der Waals surface area contributed by atoms with E-state index in [1.165, 1.54) is 24.3 Å². The number of aliphatic hydroxyl groups is 1. The molecule has 0 aromatic carbocycles. The lowest BCUT2D eigenvalue weighted by Gasteiger charge is -2.62. The maximum Gasteiger partial charge on any atom is 0.315 e. The van der Waals surface area contributed by atoms with E-state index in [0.29, 0.717) is 0 Å². The van der Waals surface area contributed by atoms with Gasteiger partial charge in [-0.25, -0.2) is 0 Å². The molecule has 9 atom stereocenters. The molecule has 1 saturated carbocycles. The molecule has 1 N–H and O–H groups in total. The first kappa shape index (κ1) is 22.6. The van der Waals surface area contributed by atoms with Gasteiger partial charge >= 0.3 is 5.97 Å². The van der Waals surface area contributed by atoms with E-state index in [1.807, 2.05) is 13.0 Å². The first-order chi connectivity index (χ1) is 15.6. The fourth-order valence-corrected chi connectivity index (χ4v) is 8.46. The van der Waals surface area contributed by atoms with Gasteiger partial charge in [0.25, 0.3) is 0 Å². The number of hydrogen-bond acceptors (Lipinski definition) is 6. The number of fused-ring (bicyclic) bond motifs is 4. The zero-order chi connectivity index (χ0) is 23.9. The van der Waals surface area contributed by atoms with Crippen LogP contribution in [0.25, 0.3) is 0 Å². The summed E-state index contributed by atoms with van der Waals surface area (Å²) in [6.07, 6.45) is 6.55. The minimum Gasteiger partial charge on any atom is -0.472 e. The number of furan rings is 1. The summed E-state index contributed by atoms with van der Waals surface area (Å²) in [5.74, 6) is -1.02. The van der Waals surface area contributed by atoms with Gasteiger partial charge in [-0.05, 0) is 49.5 Å². The number of ketones is 1. The molecule has 0 spiro atoms. The van der Waals surface area contributed by atoms with Crippen molar-refractivity contribution < 1.29 is 28.6 Å². The zero-order valence-corrected chi connectivity index (χ0v) is 20.3. The Bertz CT molecular complexity index is 1050. The summed E-state index contributed by atoms with van der Waals surface area (Å²) in [7, 11) is 1.35. The van der Waals surface area contributed by atoms with Crippen molar-refractivity contribution in [3.8, 4) is 0 Å². The lowest BCUT2D eigenvalue weighted by atomic mass is 9.41. The fraction of sp³-hybridized carbons (Fsp3) is 0.630. The highest BCUT2D eigenvalue weighted by Crippen LogP contribution is 2.69. The summed E-state index contributed by atoms with van der Waals surface area (Å²) in [6, 6.07) is 2.00. The van der Waals surface area contributed by atoms with Crippen LogP contribution in [0.5, 0.6) is 0 Å². The third-order valence-corrected chi connectivity index (χ3v) is 9.68. The maximum atomic E-state index is 13.6. The molecule has 5 rings (SSSR count). The van der Waals surface area contributed by atoms with E-state index in [-0.39, 0.29) is 23.7 Å². The summed E-state index contributed by atoms with van der Waals surface area (Å²) in [5, 5.41) is 11.9. The van der Waals surface area contributed by atoms with Crippen LogP contribution in [0.4, 0.5) is 0 Å². The summed E-state index contributed by atoms with van der Waals surface area (Å²) in [4.78, 5) is 26.6. The van der Waals surface area contributed by atoms with E-state index < -0.39 is 40.3 Å². The molecule has 1 aromatic rings. The minimum absolute atomic E-state index is 0.0365. The Labute approximate surface area is 195 Å². The van der Waals surface area contributed by atoms with Gasteiger partial charge in [-0.15, -0.1) is 0 Å². The van der Waals surface area contributed by atoms with Crippen molar-refractivity contribution in [1.82, 2.24) is 0 Å². The van der Waals surface area contributed by atoms with E-state index >= 15 is 0 Å². The summed E-state index contributed by atoms with van der Waals surface area (Å²) in [5.41, 5.74) is 1.01. The molecule has 2 fully saturated rings. The van der Waals surface area contributed by atoms with Gasteiger partial charge in [-0.2, -0.15) is 0 Å². The lowest BCUT2D eigenvalue weighted by Crippen LogP contribution is -2.69. The van der Waals surface area contributed by atoms with Crippen LogP contribution in [-0.4, -0.2) is 42.3 Å². The molecule has 4 aliphatic rings. The Morgan fingerprint density at radius 1 is 1.27 bits per heavy atom. The molecular formula is C27H34O6. The normalized spacial score (nSPS) is 46.2. The highest BCUT2D eigenvalue weighted by Gasteiger charge is 2.73. The quantitative estimate of drug-likeness (QED) is 0.544. The average Bonchev–Trinajstić information content (AvgIpc) is 3.48. The van der Waals surface area contributed by atoms with Crippen molar-refractivity contribution in [3.63, 3.8) is 0 Å². The second-order valence-corrected chi connectivity index (χ2v) is 11.0. The summed E-state index contributed by atoms with van der Waals surface area (Å²) < 4.78 is 17.1. The topological polar surface area (TPSA) is 86.0 Å². The van der Waals surface area contributed by atoms with Gasteiger partial charge in [0.1, 0.15) is 0 Å². The molecule has 6 heteroatoms. The molecule has 1 saturated heterocycles. The molecule has 178 valence electrons. The molecule has 6 nitrogen and oxygen atoms in total. The smallest absolute Gasteiger partial charge is 0.315 e. The largest absolute Gasteiger partial charge is 0.472 e. The Hall–Kier alpha value is -2.18. The second kappa shape index (κ2) is 7.16. The Morgan fingerprint density at radius 2 is 2.00 bits per heavy atom. The molecule has 9 unspecified atom stereocenters. The van der Waals surface area contributed by atoms with Crippen molar-refractivity contribution in [2.45, 2.75) is 71.7 Å². The molecular weight excluding hydrogens is 420 g/mol. The number of esters is 1. The van der Waals surface area contributed by atoms with E-state index in [2.05, 4.69) is 20.8 Å². The van der Waals surface area contributed by atoms with Crippen LogP contribution in [0.2, 0.25) is 0 Å². The number of carbonyl (C=O) groups is 2. The standard InChI is InChI=1S/C27H34O6/c1-7-18-26(4)19(28)8-10-25(3,24(30)31-6)22(26)21(29)23-27(18,5)20-14(2)16(12-17(20)33-23)15-9-11-32-13-15/h8-11,13,16-18,21-23,29H,7,12H2,1-6H3. The van der Waals surface area contributed by atoms with Gasteiger partial charge in [-0.3, -0.25) is 9.59 Å². The number of hydrogen-bond donors (Lipinski definition) is 1. The van der Waals surface area contributed by atoms with Gasteiger partial charge in [0.05, 0.1) is 43.4 Å². The van der Waals surface area contributed by atoms with Gasteiger partial charge < -0.3 is 19.0 Å². The average molecular weight is 455 g/mol. The molecule has 33 heavy (non-hydrogen) atoms. The molecule has 0 amide bonds. The molecule has 0 radical (unpaired) electrons. The summed E-state index contributed by atoms with van der Waals surface area (Å²) >= 11 is 0. The van der Waals surface area contributed by atoms with Gasteiger partial charge in [-0.1, -0.05) is 38.8 Å². The minimum atomic E-state index is -1.12. The van der Waals surface area contributed by atoms with Crippen LogP contribution in [0.1, 0.15) is 58.9 Å². The van der Waals surface area contributed by atoms with E-state index in [4.69, 9.17) is 13.9 Å². The van der Waals surface area contributed by atoms with Gasteiger partial charge in [0, 0.05) is 22.7 Å². The third kappa shape index (κ3) is 2.57. The first-order valence-electron chi connectivity index (χ1n) is 12.0.